The van der Waals surface area contributed by atoms with Gasteiger partial charge >= 0.3 is 0 Å². The largest absolute Gasteiger partial charge is 0.508 e. The van der Waals surface area contributed by atoms with Crippen LogP contribution in [0.4, 0.5) is 0 Å². The van der Waals surface area contributed by atoms with E-state index in [1.54, 1.807) is 5.19 Å². The van der Waals surface area contributed by atoms with Crippen LogP contribution < -0.4 is 5.19 Å². The molecule has 0 aromatic heterocycles. The second-order valence-corrected chi connectivity index (χ2v) is 15.4. The Bertz CT molecular complexity index is 775. The van der Waals surface area contributed by atoms with E-state index in [4.69, 9.17) is 0 Å². The van der Waals surface area contributed by atoms with E-state index in [1.807, 2.05) is 6.07 Å². The highest BCUT2D eigenvalue weighted by Gasteiger charge is 2.32. The first kappa shape index (κ1) is 22.7. The fourth-order valence-electron chi connectivity index (χ4n) is 4.46. The molecule has 0 aliphatic rings. The van der Waals surface area contributed by atoms with Gasteiger partial charge in [0, 0.05) is 0 Å². The van der Waals surface area contributed by atoms with Crippen LogP contribution >= 0.6 is 0 Å². The topological polar surface area (TPSA) is 20.2 Å². The Balaban J connectivity index is 2.48. The Hall–Kier alpha value is -1.54. The zero-order chi connectivity index (χ0) is 21.2. The zero-order valence-corrected chi connectivity index (χ0v) is 20.3. The molecule has 0 unspecified atom stereocenters. The first-order valence-corrected chi connectivity index (χ1v) is 13.5. The highest BCUT2D eigenvalue weighted by Crippen LogP contribution is 2.38. The minimum atomic E-state index is -1.52. The second kappa shape index (κ2) is 8.45. The molecule has 0 amide bonds. The number of aryl methyl sites for hydroxylation is 1. The number of phenolic OH excluding ortho intramolecular Hbond substituents is 1. The van der Waals surface area contributed by atoms with Gasteiger partial charge in [-0.25, -0.2) is 0 Å². The predicted molar refractivity (Wildman–Crippen MR) is 127 cm³/mol. The molecule has 0 bridgehead atoms. The van der Waals surface area contributed by atoms with E-state index in [0.717, 1.165) is 12.0 Å². The van der Waals surface area contributed by atoms with Crippen LogP contribution in [-0.2, 0) is 17.3 Å². The van der Waals surface area contributed by atoms with Crippen LogP contribution in [0.2, 0.25) is 18.1 Å². The molecule has 2 rings (SSSR count). The van der Waals surface area contributed by atoms with E-state index in [-0.39, 0.29) is 10.8 Å². The van der Waals surface area contributed by atoms with Crippen LogP contribution in [0.3, 0.4) is 0 Å². The molecule has 1 nitrogen and oxygen atoms in total. The molecular weight excluding hydrogens is 356 g/mol. The van der Waals surface area contributed by atoms with Gasteiger partial charge in [0.05, 0.1) is 8.07 Å². The Morgan fingerprint density at radius 1 is 0.786 bits per heavy atom. The molecule has 0 aliphatic carbocycles. The molecule has 28 heavy (non-hydrogen) atoms. The summed E-state index contributed by atoms with van der Waals surface area (Å²) in [5.74, 6) is 0.443. The lowest BCUT2D eigenvalue weighted by atomic mass is 9.78. The van der Waals surface area contributed by atoms with E-state index in [9.17, 15) is 5.11 Å². The van der Waals surface area contributed by atoms with Crippen LogP contribution in [0.15, 0.2) is 42.5 Å². The average Bonchev–Trinajstić information content (AvgIpc) is 2.62. The third-order valence-corrected chi connectivity index (χ3v) is 11.9. The van der Waals surface area contributed by atoms with Crippen molar-refractivity contribution in [3.05, 3.63) is 59.2 Å². The number of rotatable bonds is 6. The Kier molecular flexibility index (Phi) is 6.86. The molecule has 0 radical (unpaired) electrons. The van der Waals surface area contributed by atoms with Gasteiger partial charge in [0.2, 0.25) is 0 Å². The molecule has 0 saturated heterocycles. The Morgan fingerprint density at radius 2 is 1.32 bits per heavy atom. The lowest BCUT2D eigenvalue weighted by Crippen LogP contribution is -2.46. The van der Waals surface area contributed by atoms with Gasteiger partial charge in [0.15, 0.2) is 0 Å². The predicted octanol–water partition coefficient (Wildman–Crippen LogP) is 6.93. The fraction of sp³-hybridized carbons (Fsp3) is 0.538. The molecule has 0 fully saturated rings. The minimum absolute atomic E-state index is 0.0264. The first-order chi connectivity index (χ1) is 12.9. The normalized spacial score (nSPS) is 13.0. The molecule has 2 heteroatoms. The number of hydrogen-bond donors (Lipinski definition) is 1. The van der Waals surface area contributed by atoms with Gasteiger partial charge in [-0.3, -0.25) is 0 Å². The molecule has 0 aliphatic heterocycles. The van der Waals surface area contributed by atoms with Crippen molar-refractivity contribution in [2.45, 2.75) is 90.8 Å². The summed E-state index contributed by atoms with van der Waals surface area (Å²) < 4.78 is 0. The summed E-state index contributed by atoms with van der Waals surface area (Å²) in [5, 5.41) is 12.3. The van der Waals surface area contributed by atoms with Crippen LogP contribution in [0.25, 0.3) is 0 Å². The van der Waals surface area contributed by atoms with Crippen molar-refractivity contribution in [2.75, 3.05) is 0 Å². The molecule has 0 heterocycles. The van der Waals surface area contributed by atoms with E-state index in [0.29, 0.717) is 5.75 Å². The molecule has 0 atom stereocenters. The highest BCUT2D eigenvalue weighted by atomic mass is 28.3. The first-order valence-electron chi connectivity index (χ1n) is 10.9. The van der Waals surface area contributed by atoms with Crippen molar-refractivity contribution >= 4 is 13.3 Å². The molecule has 1 N–H and O–H groups in total. The van der Waals surface area contributed by atoms with Crippen molar-refractivity contribution < 1.29 is 5.11 Å². The van der Waals surface area contributed by atoms with E-state index in [1.165, 1.54) is 29.3 Å². The molecule has 2 aromatic carbocycles. The van der Waals surface area contributed by atoms with Crippen molar-refractivity contribution in [2.24, 2.45) is 0 Å². The SMILES string of the molecule is CC[Si](CC)(CCc1cc(C(C)(C)C)c(O)cc1C(C)(C)C)c1ccccc1. The van der Waals surface area contributed by atoms with Crippen LogP contribution in [-0.4, -0.2) is 13.2 Å². The summed E-state index contributed by atoms with van der Waals surface area (Å²) in [5.41, 5.74) is 3.75. The maximum absolute atomic E-state index is 10.7. The van der Waals surface area contributed by atoms with Gasteiger partial charge in [-0.2, -0.15) is 0 Å². The van der Waals surface area contributed by atoms with Gasteiger partial charge in [-0.15, -0.1) is 0 Å². The second-order valence-electron chi connectivity index (χ2n) is 10.4. The smallest absolute Gasteiger partial charge is 0.119 e. The van der Waals surface area contributed by atoms with Crippen LogP contribution in [0, 0.1) is 0 Å². The number of benzene rings is 2. The molecular formula is C26H40OSi. The minimum Gasteiger partial charge on any atom is -0.508 e. The third-order valence-electron chi connectivity index (χ3n) is 6.45. The fourth-order valence-corrected chi connectivity index (χ4v) is 8.42. The summed E-state index contributed by atoms with van der Waals surface area (Å²) in [6.45, 7) is 18.1. The van der Waals surface area contributed by atoms with Crippen LogP contribution in [0.1, 0.15) is 72.1 Å². The van der Waals surface area contributed by atoms with Gasteiger partial charge in [-0.05, 0) is 46.1 Å². The quantitative estimate of drug-likeness (QED) is 0.525. The lowest BCUT2D eigenvalue weighted by Gasteiger charge is -2.32. The summed E-state index contributed by atoms with van der Waals surface area (Å²) >= 11 is 0. The van der Waals surface area contributed by atoms with Crippen molar-refractivity contribution in [3.8, 4) is 5.75 Å². The van der Waals surface area contributed by atoms with Crippen molar-refractivity contribution in [3.63, 3.8) is 0 Å². The number of aromatic hydroxyl groups is 1. The lowest BCUT2D eigenvalue weighted by molar-refractivity contribution is 0.442. The van der Waals surface area contributed by atoms with E-state index < -0.39 is 8.07 Å². The summed E-state index contributed by atoms with van der Waals surface area (Å²) in [7, 11) is -1.52. The monoisotopic (exact) mass is 396 g/mol. The molecule has 0 spiro atoms. The highest BCUT2D eigenvalue weighted by molar-refractivity contribution is 6.91. The van der Waals surface area contributed by atoms with Crippen molar-refractivity contribution in [1.29, 1.82) is 0 Å². The van der Waals surface area contributed by atoms with E-state index >= 15 is 0 Å². The molecule has 154 valence electrons. The summed E-state index contributed by atoms with van der Waals surface area (Å²) in [6, 6.07) is 19.4. The van der Waals surface area contributed by atoms with Crippen molar-refractivity contribution in [1.82, 2.24) is 0 Å². The van der Waals surface area contributed by atoms with Gasteiger partial charge < -0.3 is 5.11 Å². The number of phenols is 1. The van der Waals surface area contributed by atoms with Gasteiger partial charge in [-0.1, -0.05) is 109 Å². The molecule has 0 saturated carbocycles. The Morgan fingerprint density at radius 3 is 1.79 bits per heavy atom. The third kappa shape index (κ3) is 4.89. The molecule has 2 aromatic rings. The van der Waals surface area contributed by atoms with E-state index in [2.05, 4.69) is 91.8 Å². The maximum atomic E-state index is 10.7. The average molecular weight is 397 g/mol. The Labute approximate surface area is 174 Å². The number of hydrogen-bond acceptors (Lipinski definition) is 1. The summed E-state index contributed by atoms with van der Waals surface area (Å²) in [4.78, 5) is 0. The maximum Gasteiger partial charge on any atom is 0.119 e. The zero-order valence-electron chi connectivity index (χ0n) is 19.3. The van der Waals surface area contributed by atoms with Crippen LogP contribution in [0.5, 0.6) is 5.75 Å². The standard InChI is InChI=1S/C26H40OSi/c1-9-28(10-2,21-14-12-11-13-15-21)17-16-20-18-23(26(6,7)8)24(27)19-22(20)25(3,4)5/h11-15,18-19,27H,9-10,16-17H2,1-8H3. The van der Waals surface area contributed by atoms with Gasteiger partial charge in [0.1, 0.15) is 5.75 Å². The summed E-state index contributed by atoms with van der Waals surface area (Å²) in [6.07, 6.45) is 1.10. The van der Waals surface area contributed by atoms with Gasteiger partial charge in [0.25, 0.3) is 0 Å².